The first-order valence-electron chi connectivity index (χ1n) is 7.23. The molecule has 2 heterocycles. The number of nitrogens with two attached hydrogens (primary N) is 1. The average Bonchev–Trinajstić information content (AvgIpc) is 2.89. The molecule has 104 valence electrons. The van der Waals surface area contributed by atoms with Gasteiger partial charge in [-0.2, -0.15) is 0 Å². The number of hydrogen-bond acceptors (Lipinski definition) is 3. The maximum atomic E-state index is 6.16. The molecule has 0 aliphatic carbocycles. The van der Waals surface area contributed by atoms with Gasteiger partial charge in [0.25, 0.3) is 0 Å². The van der Waals surface area contributed by atoms with E-state index in [2.05, 4.69) is 29.2 Å². The number of rotatable bonds is 2. The van der Waals surface area contributed by atoms with Gasteiger partial charge in [0, 0.05) is 30.7 Å². The quantitative estimate of drug-likeness (QED) is 0.780. The molecule has 0 spiro atoms. The van der Waals surface area contributed by atoms with E-state index in [4.69, 9.17) is 10.7 Å². The summed E-state index contributed by atoms with van der Waals surface area (Å²) in [5.74, 6) is 0. The summed E-state index contributed by atoms with van der Waals surface area (Å²) in [5.41, 5.74) is 11.8. The van der Waals surface area contributed by atoms with Crippen LogP contribution in [-0.4, -0.2) is 9.88 Å². The molecule has 3 nitrogen and oxygen atoms in total. The van der Waals surface area contributed by atoms with E-state index in [0.29, 0.717) is 0 Å². The number of benzene rings is 2. The maximum absolute atomic E-state index is 6.16. The lowest BCUT2D eigenvalue weighted by atomic mass is 10.1. The van der Waals surface area contributed by atoms with E-state index in [1.807, 2.05) is 30.3 Å². The van der Waals surface area contributed by atoms with Crippen LogP contribution in [-0.2, 0) is 19.6 Å². The highest BCUT2D eigenvalue weighted by molar-refractivity contribution is 5.90. The lowest BCUT2D eigenvalue weighted by Crippen LogP contribution is -2.16. The van der Waals surface area contributed by atoms with Crippen molar-refractivity contribution in [3.63, 3.8) is 0 Å². The number of para-hydroxylation sites is 1. The Labute approximate surface area is 124 Å². The summed E-state index contributed by atoms with van der Waals surface area (Å²) in [7, 11) is 0. The van der Waals surface area contributed by atoms with Crippen LogP contribution >= 0.6 is 0 Å². The highest BCUT2D eigenvalue weighted by Gasteiger charge is 2.18. The number of anilines is 1. The van der Waals surface area contributed by atoms with Crippen molar-refractivity contribution in [1.82, 2.24) is 9.88 Å². The van der Waals surface area contributed by atoms with E-state index in [1.54, 1.807) is 0 Å². The molecule has 0 saturated carbocycles. The lowest BCUT2D eigenvalue weighted by molar-refractivity contribution is 0.272. The number of nitrogens with zero attached hydrogens (tertiary/aromatic N) is 2. The summed E-state index contributed by atoms with van der Waals surface area (Å²) in [4.78, 5) is 7.14. The first-order chi connectivity index (χ1) is 10.3. The molecule has 0 fully saturated rings. The second-order valence-corrected chi connectivity index (χ2v) is 5.63. The smallest absolute Gasteiger partial charge is 0.0726 e. The molecule has 1 aromatic heterocycles. The van der Waals surface area contributed by atoms with Gasteiger partial charge in [-0.25, -0.2) is 0 Å². The first-order valence-corrected chi connectivity index (χ1v) is 7.23. The summed E-state index contributed by atoms with van der Waals surface area (Å²) in [5, 5.41) is 1.03. The summed E-state index contributed by atoms with van der Waals surface area (Å²) in [6.07, 6.45) is 0. The molecule has 0 bridgehead atoms. The number of hydrogen-bond donors (Lipinski definition) is 1. The highest BCUT2D eigenvalue weighted by Crippen LogP contribution is 2.25. The topological polar surface area (TPSA) is 42.1 Å². The minimum atomic E-state index is 0.812. The molecule has 1 aliphatic heterocycles. The predicted molar refractivity (Wildman–Crippen MR) is 85.5 cm³/mol. The molecule has 0 atom stereocenters. The summed E-state index contributed by atoms with van der Waals surface area (Å²) in [6.45, 7) is 2.82. The van der Waals surface area contributed by atoms with Gasteiger partial charge in [-0.15, -0.1) is 0 Å². The fourth-order valence-corrected chi connectivity index (χ4v) is 3.09. The van der Waals surface area contributed by atoms with Crippen LogP contribution in [0.1, 0.15) is 16.8 Å². The monoisotopic (exact) mass is 275 g/mol. The third kappa shape index (κ3) is 2.26. The molecule has 2 aromatic carbocycles. The molecule has 21 heavy (non-hydrogen) atoms. The van der Waals surface area contributed by atoms with E-state index < -0.39 is 0 Å². The van der Waals surface area contributed by atoms with Crippen LogP contribution in [0.5, 0.6) is 0 Å². The van der Waals surface area contributed by atoms with Gasteiger partial charge in [-0.05, 0) is 23.3 Å². The Morgan fingerprint density at radius 3 is 2.38 bits per heavy atom. The maximum Gasteiger partial charge on any atom is 0.0726 e. The minimum absolute atomic E-state index is 0.812. The van der Waals surface area contributed by atoms with E-state index in [1.165, 1.54) is 11.1 Å². The van der Waals surface area contributed by atoms with Crippen LogP contribution < -0.4 is 5.73 Å². The van der Waals surface area contributed by atoms with Crippen LogP contribution in [0.2, 0.25) is 0 Å². The average molecular weight is 275 g/mol. The minimum Gasteiger partial charge on any atom is -0.398 e. The van der Waals surface area contributed by atoms with E-state index in [-0.39, 0.29) is 0 Å². The Morgan fingerprint density at radius 2 is 1.62 bits per heavy atom. The van der Waals surface area contributed by atoms with Gasteiger partial charge in [0.2, 0.25) is 0 Å². The number of aromatic nitrogens is 1. The van der Waals surface area contributed by atoms with Crippen LogP contribution in [0, 0.1) is 0 Å². The second kappa shape index (κ2) is 4.86. The predicted octanol–water partition coefficient (Wildman–Crippen LogP) is 3.33. The fraction of sp³-hybridized carbons (Fsp3) is 0.167. The van der Waals surface area contributed by atoms with E-state index >= 15 is 0 Å². The van der Waals surface area contributed by atoms with Crippen molar-refractivity contribution < 1.29 is 0 Å². The zero-order valence-corrected chi connectivity index (χ0v) is 11.8. The van der Waals surface area contributed by atoms with Gasteiger partial charge in [-0.3, -0.25) is 9.88 Å². The second-order valence-electron chi connectivity index (χ2n) is 5.63. The van der Waals surface area contributed by atoms with Gasteiger partial charge in [0.1, 0.15) is 0 Å². The summed E-state index contributed by atoms with van der Waals surface area (Å²) in [6, 6.07) is 18.7. The summed E-state index contributed by atoms with van der Waals surface area (Å²) < 4.78 is 0. The van der Waals surface area contributed by atoms with Crippen molar-refractivity contribution in [2.24, 2.45) is 0 Å². The van der Waals surface area contributed by atoms with Gasteiger partial charge < -0.3 is 5.73 Å². The lowest BCUT2D eigenvalue weighted by Gasteiger charge is -2.15. The molecule has 2 N–H and O–H groups in total. The van der Waals surface area contributed by atoms with Crippen molar-refractivity contribution in [1.29, 1.82) is 0 Å². The Hall–Kier alpha value is -2.39. The first kappa shape index (κ1) is 12.4. The van der Waals surface area contributed by atoms with Crippen molar-refractivity contribution in [2.45, 2.75) is 19.6 Å². The largest absolute Gasteiger partial charge is 0.398 e. The molecule has 1 aliphatic rings. The third-order valence-corrected chi connectivity index (χ3v) is 4.09. The zero-order chi connectivity index (χ0) is 14.2. The Balaban J connectivity index is 1.61. The van der Waals surface area contributed by atoms with Crippen LogP contribution in [0.4, 0.5) is 5.69 Å². The van der Waals surface area contributed by atoms with Gasteiger partial charge >= 0.3 is 0 Å². The van der Waals surface area contributed by atoms with Crippen molar-refractivity contribution >= 4 is 16.6 Å². The van der Waals surface area contributed by atoms with Crippen LogP contribution in [0.25, 0.3) is 10.9 Å². The fourth-order valence-electron chi connectivity index (χ4n) is 3.09. The van der Waals surface area contributed by atoms with Gasteiger partial charge in [-0.1, -0.05) is 42.5 Å². The van der Waals surface area contributed by atoms with Crippen molar-refractivity contribution in [3.05, 3.63) is 71.4 Å². The molecule has 0 radical (unpaired) electrons. The zero-order valence-electron chi connectivity index (χ0n) is 11.8. The molecule has 0 saturated heterocycles. The number of fused-ring (bicyclic) bond motifs is 2. The van der Waals surface area contributed by atoms with Gasteiger partial charge in [0.05, 0.1) is 11.2 Å². The van der Waals surface area contributed by atoms with Gasteiger partial charge in [0.15, 0.2) is 0 Å². The molecule has 4 rings (SSSR count). The van der Waals surface area contributed by atoms with Crippen molar-refractivity contribution in [3.8, 4) is 0 Å². The highest BCUT2D eigenvalue weighted by atomic mass is 15.1. The Kier molecular flexibility index (Phi) is 2.86. The standard InChI is InChI=1S/C18H17N3/c19-17-9-15(20-18-8-4-3-7-16(17)18)12-21-10-13-5-1-2-6-14(13)11-21/h1-9H,10-12H2,(H2,19,20). The molecule has 0 unspecified atom stereocenters. The van der Waals surface area contributed by atoms with E-state index in [9.17, 15) is 0 Å². The molecule has 3 heteroatoms. The number of pyridine rings is 1. The van der Waals surface area contributed by atoms with E-state index in [0.717, 1.165) is 41.9 Å². The number of nitrogen functional groups attached to an aromatic ring is 1. The summed E-state index contributed by atoms with van der Waals surface area (Å²) >= 11 is 0. The SMILES string of the molecule is Nc1cc(CN2Cc3ccccc3C2)nc2ccccc12. The molecule has 3 aromatic rings. The van der Waals surface area contributed by atoms with Crippen molar-refractivity contribution in [2.75, 3.05) is 5.73 Å². The normalized spacial score (nSPS) is 14.5. The Bertz CT molecular complexity index is 785. The molecule has 0 amide bonds. The van der Waals surface area contributed by atoms with Crippen LogP contribution in [0.15, 0.2) is 54.6 Å². The molecular weight excluding hydrogens is 258 g/mol. The Morgan fingerprint density at radius 1 is 0.952 bits per heavy atom. The third-order valence-electron chi connectivity index (χ3n) is 4.09. The molecular formula is C18H17N3. The van der Waals surface area contributed by atoms with Crippen LogP contribution in [0.3, 0.4) is 0 Å².